The fourth-order valence-corrected chi connectivity index (χ4v) is 3.71. The second kappa shape index (κ2) is 4.46. The molecule has 0 aromatic rings. The van der Waals surface area contributed by atoms with Crippen LogP contribution in [0.2, 0.25) is 0 Å². The van der Waals surface area contributed by atoms with Crippen molar-refractivity contribution in [2.75, 3.05) is 0 Å². The molecule has 1 unspecified atom stereocenters. The SMILES string of the molecule is CC(C)(C)CC(N)C1(O)CC(C)(C)NC(C)(C)C1. The zero-order valence-corrected chi connectivity index (χ0v) is 13.2. The topological polar surface area (TPSA) is 58.3 Å². The molecule has 1 heterocycles. The molecule has 0 radical (unpaired) electrons. The van der Waals surface area contributed by atoms with E-state index in [0.29, 0.717) is 12.8 Å². The quantitative estimate of drug-likeness (QED) is 0.711. The predicted octanol–water partition coefficient (Wildman–Crippen LogP) is 2.42. The van der Waals surface area contributed by atoms with Gasteiger partial charge in [-0.15, -0.1) is 0 Å². The fraction of sp³-hybridized carbons (Fsp3) is 1.00. The number of aliphatic hydroxyl groups is 1. The molecule has 3 nitrogen and oxygen atoms in total. The van der Waals surface area contributed by atoms with Crippen LogP contribution in [0.4, 0.5) is 0 Å². The van der Waals surface area contributed by atoms with E-state index >= 15 is 0 Å². The predicted molar refractivity (Wildman–Crippen MR) is 77.5 cm³/mol. The van der Waals surface area contributed by atoms with Crippen molar-refractivity contribution in [1.82, 2.24) is 5.32 Å². The molecule has 0 spiro atoms. The summed E-state index contributed by atoms with van der Waals surface area (Å²) in [5, 5.41) is 14.6. The molecule has 1 rings (SSSR count). The molecule has 3 heteroatoms. The zero-order chi connectivity index (χ0) is 14.4. The van der Waals surface area contributed by atoms with Gasteiger partial charge in [0.2, 0.25) is 0 Å². The Morgan fingerprint density at radius 2 is 1.50 bits per heavy atom. The minimum absolute atomic E-state index is 0.0774. The molecule has 0 aromatic carbocycles. The van der Waals surface area contributed by atoms with E-state index in [2.05, 4.69) is 53.8 Å². The molecule has 0 aliphatic carbocycles. The van der Waals surface area contributed by atoms with Crippen LogP contribution < -0.4 is 11.1 Å². The third kappa shape index (κ3) is 4.22. The molecule has 1 atom stereocenters. The molecular weight excluding hydrogens is 224 g/mol. The molecule has 18 heavy (non-hydrogen) atoms. The maximum Gasteiger partial charge on any atom is 0.0832 e. The Morgan fingerprint density at radius 1 is 1.11 bits per heavy atom. The second-order valence-corrected chi connectivity index (χ2v) is 8.72. The lowest BCUT2D eigenvalue weighted by molar-refractivity contribution is -0.0798. The normalized spacial score (nSPS) is 27.8. The highest BCUT2D eigenvalue weighted by atomic mass is 16.3. The first kappa shape index (κ1) is 15.9. The van der Waals surface area contributed by atoms with Gasteiger partial charge in [0.05, 0.1) is 5.60 Å². The van der Waals surface area contributed by atoms with Gasteiger partial charge in [-0.05, 0) is 52.4 Å². The van der Waals surface area contributed by atoms with E-state index in [1.165, 1.54) is 0 Å². The summed E-state index contributed by atoms with van der Waals surface area (Å²) in [5.41, 5.74) is 5.55. The number of hydrogen-bond acceptors (Lipinski definition) is 3. The highest BCUT2D eigenvalue weighted by molar-refractivity contribution is 5.08. The minimum Gasteiger partial charge on any atom is -0.388 e. The summed E-state index contributed by atoms with van der Waals surface area (Å²) < 4.78 is 0. The van der Waals surface area contributed by atoms with E-state index in [4.69, 9.17) is 5.73 Å². The molecule has 0 saturated carbocycles. The van der Waals surface area contributed by atoms with Crippen LogP contribution >= 0.6 is 0 Å². The fourth-order valence-electron chi connectivity index (χ4n) is 3.71. The molecule has 4 N–H and O–H groups in total. The van der Waals surface area contributed by atoms with Crippen LogP contribution in [0.15, 0.2) is 0 Å². The van der Waals surface area contributed by atoms with Gasteiger partial charge >= 0.3 is 0 Å². The number of piperidine rings is 1. The van der Waals surface area contributed by atoms with Gasteiger partial charge in [0.15, 0.2) is 0 Å². The van der Waals surface area contributed by atoms with Gasteiger partial charge in [0.1, 0.15) is 0 Å². The maximum atomic E-state index is 11.0. The summed E-state index contributed by atoms with van der Waals surface area (Å²) >= 11 is 0. The van der Waals surface area contributed by atoms with Crippen molar-refractivity contribution < 1.29 is 5.11 Å². The van der Waals surface area contributed by atoms with Gasteiger partial charge in [-0.25, -0.2) is 0 Å². The van der Waals surface area contributed by atoms with Crippen LogP contribution in [-0.4, -0.2) is 27.8 Å². The monoisotopic (exact) mass is 256 g/mol. The minimum atomic E-state index is -0.772. The summed E-state index contributed by atoms with van der Waals surface area (Å²) in [4.78, 5) is 0. The van der Waals surface area contributed by atoms with Crippen LogP contribution in [0.1, 0.15) is 67.7 Å². The third-order valence-corrected chi connectivity index (χ3v) is 3.70. The van der Waals surface area contributed by atoms with Gasteiger partial charge < -0.3 is 16.2 Å². The highest BCUT2D eigenvalue weighted by Gasteiger charge is 2.49. The molecule has 108 valence electrons. The average molecular weight is 256 g/mol. The Labute approximate surface area is 113 Å². The van der Waals surface area contributed by atoms with Crippen LogP contribution in [0.5, 0.6) is 0 Å². The van der Waals surface area contributed by atoms with Gasteiger partial charge in [-0.3, -0.25) is 0 Å². The summed E-state index contributed by atoms with van der Waals surface area (Å²) in [6.45, 7) is 15.1. The third-order valence-electron chi connectivity index (χ3n) is 3.70. The van der Waals surface area contributed by atoms with E-state index in [1.54, 1.807) is 0 Å². The highest BCUT2D eigenvalue weighted by Crippen LogP contribution is 2.39. The number of hydrogen-bond donors (Lipinski definition) is 3. The lowest BCUT2D eigenvalue weighted by Crippen LogP contribution is -2.68. The van der Waals surface area contributed by atoms with Crippen molar-refractivity contribution in [3.8, 4) is 0 Å². The number of nitrogens with two attached hydrogens (primary N) is 1. The zero-order valence-electron chi connectivity index (χ0n) is 13.2. The summed E-state index contributed by atoms with van der Waals surface area (Å²) in [5.74, 6) is 0. The van der Waals surface area contributed by atoms with Crippen molar-refractivity contribution in [3.05, 3.63) is 0 Å². The van der Waals surface area contributed by atoms with E-state index in [1.807, 2.05) is 0 Å². The molecule has 1 aliphatic heterocycles. The average Bonchev–Trinajstić information content (AvgIpc) is 1.91. The van der Waals surface area contributed by atoms with Crippen molar-refractivity contribution in [2.45, 2.75) is 90.4 Å². The van der Waals surface area contributed by atoms with Crippen molar-refractivity contribution >= 4 is 0 Å². The molecule has 1 aliphatic rings. The molecule has 0 aromatic heterocycles. The van der Waals surface area contributed by atoms with E-state index in [0.717, 1.165) is 6.42 Å². The molecule has 0 bridgehead atoms. The van der Waals surface area contributed by atoms with E-state index < -0.39 is 5.60 Å². The molecular formula is C15H32N2O. The first-order chi connectivity index (χ1) is 7.75. The molecule has 1 saturated heterocycles. The van der Waals surface area contributed by atoms with E-state index in [-0.39, 0.29) is 22.5 Å². The molecule has 0 amide bonds. The van der Waals surface area contributed by atoms with Gasteiger partial charge in [-0.2, -0.15) is 0 Å². The number of rotatable bonds is 2. The molecule has 1 fully saturated rings. The van der Waals surface area contributed by atoms with Gasteiger partial charge in [0, 0.05) is 17.1 Å². The largest absolute Gasteiger partial charge is 0.388 e. The van der Waals surface area contributed by atoms with Crippen LogP contribution in [-0.2, 0) is 0 Å². The summed E-state index contributed by atoms with van der Waals surface area (Å²) in [6.07, 6.45) is 2.26. The lowest BCUT2D eigenvalue weighted by atomic mass is 9.67. The summed E-state index contributed by atoms with van der Waals surface area (Å²) in [7, 11) is 0. The Kier molecular flexibility index (Phi) is 3.95. The Hall–Kier alpha value is -0.120. The van der Waals surface area contributed by atoms with E-state index in [9.17, 15) is 5.11 Å². The van der Waals surface area contributed by atoms with Crippen LogP contribution in [0.3, 0.4) is 0 Å². The van der Waals surface area contributed by atoms with Crippen LogP contribution in [0, 0.1) is 5.41 Å². The first-order valence-electron chi connectivity index (χ1n) is 7.02. The smallest absolute Gasteiger partial charge is 0.0832 e. The number of nitrogens with one attached hydrogen (secondary N) is 1. The first-order valence-corrected chi connectivity index (χ1v) is 7.02. The van der Waals surface area contributed by atoms with Crippen LogP contribution in [0.25, 0.3) is 0 Å². The second-order valence-electron chi connectivity index (χ2n) is 8.72. The Bertz CT molecular complexity index is 286. The Morgan fingerprint density at radius 3 is 1.83 bits per heavy atom. The van der Waals surface area contributed by atoms with Crippen molar-refractivity contribution in [1.29, 1.82) is 0 Å². The lowest BCUT2D eigenvalue weighted by Gasteiger charge is -2.53. The standard InChI is InChI=1S/C15H32N2O/c1-12(2,3)8-11(16)15(18)9-13(4,5)17-14(6,7)10-15/h11,17-18H,8-10,16H2,1-7H3. The Balaban J connectivity index is 2.90. The summed E-state index contributed by atoms with van der Waals surface area (Å²) in [6, 6.07) is -0.168. The van der Waals surface area contributed by atoms with Gasteiger partial charge in [-0.1, -0.05) is 20.8 Å². The van der Waals surface area contributed by atoms with Gasteiger partial charge in [0.25, 0.3) is 0 Å². The van der Waals surface area contributed by atoms with Crippen molar-refractivity contribution in [3.63, 3.8) is 0 Å². The van der Waals surface area contributed by atoms with Crippen molar-refractivity contribution in [2.24, 2.45) is 11.1 Å². The maximum absolute atomic E-state index is 11.0.